The van der Waals surface area contributed by atoms with E-state index in [2.05, 4.69) is 5.32 Å². The normalized spacial score (nSPS) is 27.9. The summed E-state index contributed by atoms with van der Waals surface area (Å²) in [6, 6.07) is 22.3. The van der Waals surface area contributed by atoms with E-state index in [4.69, 9.17) is 16.3 Å². The van der Waals surface area contributed by atoms with Crippen LogP contribution in [0.3, 0.4) is 0 Å². The minimum atomic E-state index is -1.11. The van der Waals surface area contributed by atoms with Gasteiger partial charge in [0, 0.05) is 22.4 Å². The molecule has 0 unspecified atom stereocenters. The summed E-state index contributed by atoms with van der Waals surface area (Å²) in [6.45, 7) is 2.29. The smallest absolute Gasteiger partial charge is 0.257 e. The summed E-state index contributed by atoms with van der Waals surface area (Å²) >= 11 is 6.37. The maximum atomic E-state index is 14.1. The molecule has 0 aromatic heterocycles. The summed E-state index contributed by atoms with van der Waals surface area (Å²) in [7, 11) is 0. The van der Waals surface area contributed by atoms with Crippen LogP contribution in [0.2, 0.25) is 5.02 Å². The topological polar surface area (TPSA) is 58.6 Å². The summed E-state index contributed by atoms with van der Waals surface area (Å²) in [6.07, 6.45) is 0. The number of carbonyl (C=O) groups excluding carboxylic acids is 2. The van der Waals surface area contributed by atoms with Gasteiger partial charge in [0.1, 0.15) is 11.3 Å². The van der Waals surface area contributed by atoms with Crippen molar-refractivity contribution in [3.05, 3.63) is 94.5 Å². The molecule has 2 amide bonds. The first kappa shape index (κ1) is 19.4. The van der Waals surface area contributed by atoms with Crippen LogP contribution in [0.15, 0.2) is 72.8 Å². The number of fused-ring (bicyclic) bond motifs is 6. The number of hydrogen-bond acceptors (Lipinski definition) is 3. The van der Waals surface area contributed by atoms with Crippen LogP contribution in [0.5, 0.6) is 5.75 Å². The van der Waals surface area contributed by atoms with Gasteiger partial charge in [0.2, 0.25) is 0 Å². The lowest BCUT2D eigenvalue weighted by Gasteiger charge is -2.38. The highest BCUT2D eigenvalue weighted by Gasteiger charge is 2.65. The molecular formula is C26H21ClN2O3. The highest BCUT2D eigenvalue weighted by molar-refractivity contribution is 6.30. The third-order valence-electron chi connectivity index (χ3n) is 7.18. The zero-order valence-corrected chi connectivity index (χ0v) is 18.2. The van der Waals surface area contributed by atoms with Gasteiger partial charge >= 0.3 is 0 Å². The molecule has 3 aromatic carbocycles. The molecule has 1 fully saturated rings. The van der Waals surface area contributed by atoms with Crippen molar-refractivity contribution in [3.63, 3.8) is 0 Å². The zero-order valence-electron chi connectivity index (χ0n) is 17.4. The van der Waals surface area contributed by atoms with E-state index in [9.17, 15) is 9.59 Å². The van der Waals surface area contributed by atoms with Crippen LogP contribution in [0, 0.1) is 5.92 Å². The van der Waals surface area contributed by atoms with Crippen molar-refractivity contribution in [1.82, 2.24) is 4.90 Å². The second-order valence-corrected chi connectivity index (χ2v) is 9.25. The molecule has 4 atom stereocenters. The Balaban J connectivity index is 1.64. The van der Waals surface area contributed by atoms with Crippen molar-refractivity contribution in [1.29, 1.82) is 0 Å². The lowest BCUT2D eigenvalue weighted by Crippen LogP contribution is -2.54. The van der Waals surface area contributed by atoms with Crippen LogP contribution in [-0.4, -0.2) is 28.9 Å². The highest BCUT2D eigenvalue weighted by atomic mass is 35.5. The van der Waals surface area contributed by atoms with E-state index in [1.165, 1.54) is 0 Å². The van der Waals surface area contributed by atoms with E-state index in [0.29, 0.717) is 28.6 Å². The summed E-state index contributed by atoms with van der Waals surface area (Å²) < 4.78 is 6.14. The Kier molecular flexibility index (Phi) is 4.14. The van der Waals surface area contributed by atoms with E-state index in [-0.39, 0.29) is 29.7 Å². The van der Waals surface area contributed by atoms with Crippen molar-refractivity contribution in [3.8, 4) is 5.75 Å². The molecule has 1 saturated heterocycles. The quantitative estimate of drug-likeness (QED) is 0.572. The molecule has 0 saturated carbocycles. The fourth-order valence-electron chi connectivity index (χ4n) is 5.83. The molecule has 0 bridgehead atoms. The third kappa shape index (κ3) is 2.51. The van der Waals surface area contributed by atoms with Crippen molar-refractivity contribution in [2.75, 3.05) is 11.9 Å². The monoisotopic (exact) mass is 444 g/mol. The molecule has 0 spiro atoms. The molecule has 3 aromatic rings. The molecule has 6 rings (SSSR count). The van der Waals surface area contributed by atoms with Crippen LogP contribution < -0.4 is 10.1 Å². The standard InChI is InChI=1S/C26H21ClN2O3/c1-26-22(15-7-3-2-4-8-15)19-14-32-21-12-11-16(27)13-18(21)23(19)29(26)24(30)17-9-5-6-10-20(17)28-25(26)31/h2-13,19,22-23H,14H2,1H3,(H,28,31)/t19-,22+,23+,26-/m1/s1. The van der Waals surface area contributed by atoms with E-state index < -0.39 is 5.54 Å². The Hall–Kier alpha value is -3.31. The van der Waals surface area contributed by atoms with Crippen LogP contribution >= 0.6 is 11.6 Å². The number of hydrogen-bond donors (Lipinski definition) is 1. The Morgan fingerprint density at radius 3 is 2.59 bits per heavy atom. The molecular weight excluding hydrogens is 424 g/mol. The fraction of sp³-hybridized carbons (Fsp3) is 0.231. The average Bonchev–Trinajstić information content (AvgIpc) is 3.05. The predicted octanol–water partition coefficient (Wildman–Crippen LogP) is 5.04. The molecule has 160 valence electrons. The third-order valence-corrected chi connectivity index (χ3v) is 7.42. The van der Waals surface area contributed by atoms with Crippen molar-refractivity contribution in [2.45, 2.75) is 24.4 Å². The van der Waals surface area contributed by atoms with E-state index in [1.54, 1.807) is 23.1 Å². The summed E-state index contributed by atoms with van der Waals surface area (Å²) in [5.41, 5.74) is 1.78. The number of anilines is 1. The molecule has 0 radical (unpaired) electrons. The second kappa shape index (κ2) is 6.84. The highest BCUT2D eigenvalue weighted by Crippen LogP contribution is 2.60. The van der Waals surface area contributed by atoms with Gasteiger partial charge in [-0.25, -0.2) is 0 Å². The van der Waals surface area contributed by atoms with Gasteiger partial charge in [0.25, 0.3) is 11.8 Å². The van der Waals surface area contributed by atoms with Crippen molar-refractivity contribution < 1.29 is 14.3 Å². The van der Waals surface area contributed by atoms with Crippen LogP contribution in [-0.2, 0) is 4.79 Å². The first-order valence-corrected chi connectivity index (χ1v) is 11.1. The molecule has 1 N–H and O–H groups in total. The first-order chi connectivity index (χ1) is 15.5. The van der Waals surface area contributed by atoms with Crippen molar-refractivity contribution in [2.24, 2.45) is 5.92 Å². The van der Waals surface area contributed by atoms with Crippen LogP contribution in [0.4, 0.5) is 5.69 Å². The lowest BCUT2D eigenvalue weighted by molar-refractivity contribution is -0.125. The number of halogens is 1. The number of ether oxygens (including phenoxy) is 1. The summed E-state index contributed by atoms with van der Waals surface area (Å²) in [5, 5.41) is 3.62. The maximum absolute atomic E-state index is 14.1. The maximum Gasteiger partial charge on any atom is 0.257 e. The van der Waals surface area contributed by atoms with E-state index in [1.807, 2.05) is 61.5 Å². The number of benzene rings is 3. The zero-order chi connectivity index (χ0) is 22.0. The molecule has 0 aliphatic carbocycles. The molecule has 3 heterocycles. The minimum Gasteiger partial charge on any atom is -0.493 e. The van der Waals surface area contributed by atoms with Gasteiger partial charge < -0.3 is 15.0 Å². The number of carbonyl (C=O) groups is 2. The van der Waals surface area contributed by atoms with Crippen LogP contribution in [0.25, 0.3) is 0 Å². The molecule has 5 nitrogen and oxygen atoms in total. The predicted molar refractivity (Wildman–Crippen MR) is 122 cm³/mol. The summed E-state index contributed by atoms with van der Waals surface area (Å²) in [5.74, 6) is -0.00443. The Bertz CT molecular complexity index is 1260. The molecule has 6 heteroatoms. The minimum absolute atomic E-state index is 0.103. The Morgan fingerprint density at radius 2 is 1.78 bits per heavy atom. The average molecular weight is 445 g/mol. The fourth-order valence-corrected chi connectivity index (χ4v) is 6.01. The SMILES string of the molecule is C[C@@]12C(=O)Nc3ccccc3C(=O)N1[C@H]1c3cc(Cl)ccc3OC[C@@H]1[C@@H]2c1ccccc1. The van der Waals surface area contributed by atoms with Gasteiger partial charge in [-0.05, 0) is 42.8 Å². The van der Waals surface area contributed by atoms with Gasteiger partial charge in [-0.2, -0.15) is 0 Å². The number of rotatable bonds is 1. The number of nitrogens with zero attached hydrogens (tertiary/aromatic N) is 1. The van der Waals surface area contributed by atoms with Gasteiger partial charge in [-0.1, -0.05) is 54.1 Å². The number of nitrogens with one attached hydrogen (secondary N) is 1. The van der Waals surface area contributed by atoms with E-state index >= 15 is 0 Å². The Morgan fingerprint density at radius 1 is 1.03 bits per heavy atom. The van der Waals surface area contributed by atoms with Gasteiger partial charge in [-0.3, -0.25) is 9.59 Å². The summed E-state index contributed by atoms with van der Waals surface area (Å²) in [4.78, 5) is 29.7. The van der Waals surface area contributed by atoms with Gasteiger partial charge in [-0.15, -0.1) is 0 Å². The van der Waals surface area contributed by atoms with E-state index in [0.717, 1.165) is 11.1 Å². The Labute approximate surface area is 190 Å². The van der Waals surface area contributed by atoms with Gasteiger partial charge in [0.05, 0.1) is 23.9 Å². The van der Waals surface area contributed by atoms with Gasteiger partial charge in [0.15, 0.2) is 0 Å². The second-order valence-electron chi connectivity index (χ2n) is 8.81. The lowest BCUT2D eigenvalue weighted by atomic mass is 9.73. The number of para-hydroxylation sites is 1. The first-order valence-electron chi connectivity index (χ1n) is 10.7. The number of amides is 2. The molecule has 3 aliphatic rings. The molecule has 3 aliphatic heterocycles. The molecule has 32 heavy (non-hydrogen) atoms. The van der Waals surface area contributed by atoms with Crippen molar-refractivity contribution >= 4 is 29.1 Å². The largest absolute Gasteiger partial charge is 0.493 e. The van der Waals surface area contributed by atoms with Crippen LogP contribution in [0.1, 0.15) is 40.4 Å².